The summed E-state index contributed by atoms with van der Waals surface area (Å²) in [7, 11) is 0. The monoisotopic (exact) mass is 372 g/mol. The van der Waals surface area contributed by atoms with Gasteiger partial charge in [0, 0.05) is 16.9 Å². The molecule has 2 aromatic rings. The van der Waals surface area contributed by atoms with Crippen LogP contribution in [-0.2, 0) is 9.53 Å². The van der Waals surface area contributed by atoms with E-state index in [-0.39, 0.29) is 12.3 Å². The molecule has 0 saturated carbocycles. The minimum absolute atomic E-state index is 0.258. The molecule has 3 N–H and O–H groups in total. The minimum atomic E-state index is -0.690. The van der Waals surface area contributed by atoms with Crippen molar-refractivity contribution in [2.75, 3.05) is 11.9 Å². The Kier molecular flexibility index (Phi) is 6.80. The fourth-order valence-electron chi connectivity index (χ4n) is 3.13. The maximum absolute atomic E-state index is 12.2. The third-order valence-corrected chi connectivity index (χ3v) is 4.83. The molecule has 1 heterocycles. The molecule has 0 spiro atoms. The number of anilines is 1. The molecule has 0 aliphatic rings. The number of rotatable bonds is 7. The van der Waals surface area contributed by atoms with Gasteiger partial charge in [-0.2, -0.15) is 0 Å². The van der Waals surface area contributed by atoms with Crippen LogP contribution in [0.15, 0.2) is 24.3 Å². The van der Waals surface area contributed by atoms with Crippen molar-refractivity contribution in [1.29, 1.82) is 0 Å². The summed E-state index contributed by atoms with van der Waals surface area (Å²) in [6, 6.07) is 7.65. The number of amides is 1. The molecule has 0 unspecified atom stereocenters. The number of aromatic amines is 1. The van der Waals surface area contributed by atoms with Crippen molar-refractivity contribution in [2.24, 2.45) is 0 Å². The van der Waals surface area contributed by atoms with E-state index in [2.05, 4.69) is 24.1 Å². The Labute approximate surface area is 159 Å². The summed E-state index contributed by atoms with van der Waals surface area (Å²) < 4.78 is 5.11. The molecule has 1 amide bonds. The van der Waals surface area contributed by atoms with Gasteiger partial charge in [-0.25, -0.2) is 4.79 Å². The van der Waals surface area contributed by atoms with E-state index in [0.717, 1.165) is 6.42 Å². The lowest BCUT2D eigenvalue weighted by Gasteiger charge is -2.11. The van der Waals surface area contributed by atoms with Gasteiger partial charge in [0.25, 0.3) is 5.91 Å². The van der Waals surface area contributed by atoms with E-state index in [4.69, 9.17) is 4.74 Å². The van der Waals surface area contributed by atoms with Gasteiger partial charge < -0.3 is 20.1 Å². The lowest BCUT2D eigenvalue weighted by Crippen LogP contribution is -2.21. The lowest BCUT2D eigenvalue weighted by atomic mass is 9.99. The van der Waals surface area contributed by atoms with Crippen LogP contribution in [0.1, 0.15) is 72.1 Å². The Morgan fingerprint density at radius 1 is 1.19 bits per heavy atom. The first-order chi connectivity index (χ1) is 12.7. The Balaban J connectivity index is 1.94. The highest BCUT2D eigenvalue weighted by Crippen LogP contribution is 2.25. The zero-order valence-corrected chi connectivity index (χ0v) is 16.6. The smallest absolute Gasteiger partial charge is 0.355 e. The maximum atomic E-state index is 12.2. The Hall–Kier alpha value is -2.60. The highest BCUT2D eigenvalue weighted by atomic mass is 16.5. The molecule has 2 atom stereocenters. The summed E-state index contributed by atoms with van der Waals surface area (Å²) in [5.41, 5.74) is 4.15. The fraction of sp³-hybridized carbons (Fsp3) is 0.429. The molecule has 1 aromatic heterocycles. The number of nitrogens with one attached hydrogen (secondary N) is 2. The summed E-state index contributed by atoms with van der Waals surface area (Å²) in [6.07, 6.45) is 0.361. The molecule has 0 radical (unpaired) electrons. The van der Waals surface area contributed by atoms with Crippen LogP contribution in [0, 0.1) is 13.8 Å². The summed E-state index contributed by atoms with van der Waals surface area (Å²) in [4.78, 5) is 27.2. The largest absolute Gasteiger partial charge is 0.451 e. The predicted molar refractivity (Wildman–Crippen MR) is 105 cm³/mol. The number of hydrogen-bond acceptors (Lipinski definition) is 4. The number of hydrogen-bond donors (Lipinski definition) is 3. The van der Waals surface area contributed by atoms with Gasteiger partial charge in [-0.15, -0.1) is 0 Å². The number of aliphatic hydroxyl groups is 1. The predicted octanol–water partition coefficient (Wildman–Crippen LogP) is 3.99. The zero-order chi connectivity index (χ0) is 20.1. The minimum Gasteiger partial charge on any atom is -0.451 e. The summed E-state index contributed by atoms with van der Waals surface area (Å²) in [5, 5.41) is 12.5. The Morgan fingerprint density at radius 3 is 2.33 bits per heavy atom. The number of aliphatic hydroxyl groups excluding tert-OH is 1. The Morgan fingerprint density at radius 2 is 1.81 bits per heavy atom. The molecule has 0 aliphatic carbocycles. The van der Waals surface area contributed by atoms with Crippen LogP contribution in [-0.4, -0.2) is 28.6 Å². The van der Waals surface area contributed by atoms with Crippen molar-refractivity contribution in [1.82, 2.24) is 4.98 Å². The molecule has 6 heteroatoms. The summed E-state index contributed by atoms with van der Waals surface area (Å²) in [5.74, 6) is -0.559. The van der Waals surface area contributed by atoms with Gasteiger partial charge in [0.05, 0.1) is 6.10 Å². The maximum Gasteiger partial charge on any atom is 0.355 e. The second kappa shape index (κ2) is 8.86. The molecular formula is C21H28N2O4. The van der Waals surface area contributed by atoms with Crippen LogP contribution < -0.4 is 5.32 Å². The average molecular weight is 372 g/mol. The summed E-state index contributed by atoms with van der Waals surface area (Å²) >= 11 is 0. The summed E-state index contributed by atoms with van der Waals surface area (Å²) in [6.45, 7) is 9.06. The molecule has 0 bridgehead atoms. The van der Waals surface area contributed by atoms with E-state index in [0.29, 0.717) is 28.4 Å². The number of H-pyrrole nitrogens is 1. The van der Waals surface area contributed by atoms with Crippen LogP contribution in [0.3, 0.4) is 0 Å². The van der Waals surface area contributed by atoms with Crippen molar-refractivity contribution in [3.63, 3.8) is 0 Å². The van der Waals surface area contributed by atoms with Gasteiger partial charge >= 0.3 is 5.97 Å². The van der Waals surface area contributed by atoms with Crippen LogP contribution in [0.4, 0.5) is 5.69 Å². The quantitative estimate of drug-likeness (QED) is 0.641. The normalized spacial score (nSPS) is 13.1. The van der Waals surface area contributed by atoms with Crippen molar-refractivity contribution in [2.45, 2.75) is 53.1 Å². The number of carbonyl (C=O) groups is 2. The molecule has 0 aliphatic heterocycles. The number of aromatic nitrogens is 1. The number of benzene rings is 1. The van der Waals surface area contributed by atoms with Crippen molar-refractivity contribution in [3.05, 3.63) is 52.3 Å². The molecule has 146 valence electrons. The van der Waals surface area contributed by atoms with Gasteiger partial charge in [0.1, 0.15) is 5.69 Å². The molecule has 0 saturated heterocycles. The van der Waals surface area contributed by atoms with Crippen LogP contribution in [0.5, 0.6) is 0 Å². The third-order valence-electron chi connectivity index (χ3n) is 4.83. The first-order valence-electron chi connectivity index (χ1n) is 9.18. The standard InChI is InChI=1S/C21H28N2O4/c1-6-12(2)16-7-9-17(10-8-16)23-18(25)11-27-21(26)20-13(3)19(15(5)24)14(4)22-20/h7-10,12,15,22,24H,6,11H2,1-5H3,(H,23,25)/t12-,15-/m0/s1. The molecule has 27 heavy (non-hydrogen) atoms. The van der Waals surface area contributed by atoms with Crippen LogP contribution >= 0.6 is 0 Å². The zero-order valence-electron chi connectivity index (χ0n) is 16.6. The van der Waals surface area contributed by atoms with Crippen molar-refractivity contribution >= 4 is 17.6 Å². The number of carbonyl (C=O) groups excluding carboxylic acids is 2. The van der Waals surface area contributed by atoms with Gasteiger partial charge in [-0.05, 0) is 56.4 Å². The Bertz CT molecular complexity index is 806. The lowest BCUT2D eigenvalue weighted by molar-refractivity contribution is -0.119. The first-order valence-corrected chi connectivity index (χ1v) is 9.18. The highest BCUT2D eigenvalue weighted by Gasteiger charge is 2.21. The number of aryl methyl sites for hydroxylation is 1. The first kappa shape index (κ1) is 20.7. The number of esters is 1. The molecular weight excluding hydrogens is 344 g/mol. The van der Waals surface area contributed by atoms with E-state index in [9.17, 15) is 14.7 Å². The van der Waals surface area contributed by atoms with E-state index in [1.807, 2.05) is 24.3 Å². The highest BCUT2D eigenvalue weighted by molar-refractivity contribution is 5.95. The van der Waals surface area contributed by atoms with Crippen molar-refractivity contribution in [3.8, 4) is 0 Å². The van der Waals surface area contributed by atoms with Crippen LogP contribution in [0.25, 0.3) is 0 Å². The molecule has 2 rings (SSSR count). The second-order valence-electron chi connectivity index (χ2n) is 6.90. The van der Waals surface area contributed by atoms with E-state index in [1.165, 1.54) is 5.56 Å². The average Bonchev–Trinajstić information content (AvgIpc) is 2.94. The third kappa shape index (κ3) is 4.98. The van der Waals surface area contributed by atoms with E-state index >= 15 is 0 Å². The second-order valence-corrected chi connectivity index (χ2v) is 6.90. The molecule has 1 aromatic carbocycles. The van der Waals surface area contributed by atoms with E-state index < -0.39 is 18.0 Å². The van der Waals surface area contributed by atoms with Crippen molar-refractivity contribution < 1.29 is 19.4 Å². The molecule has 0 fully saturated rings. The van der Waals surface area contributed by atoms with Gasteiger partial charge in [0.15, 0.2) is 6.61 Å². The SMILES string of the molecule is CC[C@H](C)c1ccc(NC(=O)COC(=O)c2[nH]c(C)c([C@H](C)O)c2C)cc1. The van der Waals surface area contributed by atoms with Gasteiger partial charge in [-0.3, -0.25) is 4.79 Å². The number of ether oxygens (including phenoxy) is 1. The molecule has 6 nitrogen and oxygen atoms in total. The topological polar surface area (TPSA) is 91.4 Å². The van der Waals surface area contributed by atoms with E-state index in [1.54, 1.807) is 20.8 Å². The fourth-order valence-corrected chi connectivity index (χ4v) is 3.13. The van der Waals surface area contributed by atoms with Gasteiger partial charge in [-0.1, -0.05) is 26.0 Å². The van der Waals surface area contributed by atoms with Gasteiger partial charge in [0.2, 0.25) is 0 Å². The van der Waals surface area contributed by atoms with Crippen LogP contribution in [0.2, 0.25) is 0 Å².